The summed E-state index contributed by atoms with van der Waals surface area (Å²) in [6.07, 6.45) is 9.14. The summed E-state index contributed by atoms with van der Waals surface area (Å²) in [7, 11) is -3.20. The number of fused-ring (bicyclic) bond motifs is 1. The standard InChI is InChI=1S/C22H28N8O2S/c1-16(2)33(31,32)29-9-4-18(5-10-29)28-13-22(14-28,6-7-23)30-12-17(11-27-30)20-19-3-8-24-21(19)26-15-25-20/h3,8,11-12,15-16,18H,4-6,9-10,13-14H2,1-2H3,(H,24,25,26). The number of H-pyrrole nitrogens is 1. The van der Waals surface area contributed by atoms with Crippen LogP contribution in [0.25, 0.3) is 22.3 Å². The van der Waals surface area contributed by atoms with Gasteiger partial charge in [-0.1, -0.05) is 0 Å². The van der Waals surface area contributed by atoms with Gasteiger partial charge in [-0.15, -0.1) is 0 Å². The van der Waals surface area contributed by atoms with Crippen molar-refractivity contribution < 1.29 is 8.42 Å². The number of rotatable bonds is 6. The van der Waals surface area contributed by atoms with Crippen molar-refractivity contribution in [2.45, 2.75) is 49.9 Å². The second kappa shape index (κ2) is 8.20. The van der Waals surface area contributed by atoms with Gasteiger partial charge in [0, 0.05) is 55.6 Å². The van der Waals surface area contributed by atoms with Gasteiger partial charge in [-0.05, 0) is 32.8 Å². The van der Waals surface area contributed by atoms with E-state index < -0.39 is 15.3 Å². The van der Waals surface area contributed by atoms with E-state index in [-0.39, 0.29) is 5.54 Å². The smallest absolute Gasteiger partial charge is 0.216 e. The minimum Gasteiger partial charge on any atom is -0.346 e. The summed E-state index contributed by atoms with van der Waals surface area (Å²) in [5.41, 5.74) is 2.11. The van der Waals surface area contributed by atoms with Crippen LogP contribution in [0, 0.1) is 11.3 Å². The van der Waals surface area contributed by atoms with E-state index in [1.165, 1.54) is 6.33 Å². The summed E-state index contributed by atoms with van der Waals surface area (Å²) in [6.45, 7) is 6.03. The Hall–Kier alpha value is -2.81. The van der Waals surface area contributed by atoms with Crippen molar-refractivity contribution >= 4 is 21.1 Å². The van der Waals surface area contributed by atoms with Gasteiger partial charge in [-0.25, -0.2) is 22.7 Å². The summed E-state index contributed by atoms with van der Waals surface area (Å²) in [4.78, 5) is 14.2. The van der Waals surface area contributed by atoms with Gasteiger partial charge in [0.1, 0.15) is 17.5 Å². The van der Waals surface area contributed by atoms with Crippen molar-refractivity contribution in [3.8, 4) is 17.3 Å². The van der Waals surface area contributed by atoms with Gasteiger partial charge in [0.05, 0.1) is 29.6 Å². The Bertz CT molecular complexity index is 1290. The van der Waals surface area contributed by atoms with Crippen LogP contribution in [0.1, 0.15) is 33.1 Å². The first-order chi connectivity index (χ1) is 15.8. The number of hydrogen-bond acceptors (Lipinski definition) is 7. The van der Waals surface area contributed by atoms with Crippen molar-refractivity contribution in [1.82, 2.24) is 33.9 Å². The third kappa shape index (κ3) is 3.72. The normalized spacial score (nSPS) is 20.2. The first kappa shape index (κ1) is 22.0. The molecular weight excluding hydrogens is 440 g/mol. The second-order valence-corrected chi connectivity index (χ2v) is 11.8. The van der Waals surface area contributed by atoms with E-state index in [0.29, 0.717) is 25.6 Å². The van der Waals surface area contributed by atoms with Crippen LogP contribution in [0.2, 0.25) is 0 Å². The Morgan fingerprint density at radius 2 is 2.03 bits per heavy atom. The monoisotopic (exact) mass is 468 g/mol. The van der Waals surface area contributed by atoms with E-state index in [0.717, 1.165) is 48.2 Å². The molecule has 2 aliphatic rings. The highest BCUT2D eigenvalue weighted by atomic mass is 32.2. The summed E-state index contributed by atoms with van der Waals surface area (Å²) >= 11 is 0. The highest BCUT2D eigenvalue weighted by Crippen LogP contribution is 2.37. The minimum atomic E-state index is -3.20. The molecule has 5 rings (SSSR count). The second-order valence-electron chi connectivity index (χ2n) is 9.32. The highest BCUT2D eigenvalue weighted by molar-refractivity contribution is 7.89. The molecule has 33 heavy (non-hydrogen) atoms. The quantitative estimate of drug-likeness (QED) is 0.586. The van der Waals surface area contributed by atoms with Gasteiger partial charge in [0.15, 0.2) is 0 Å². The molecule has 1 N–H and O–H groups in total. The van der Waals surface area contributed by atoms with Gasteiger partial charge in [0.2, 0.25) is 10.0 Å². The molecule has 0 aliphatic carbocycles. The third-order valence-corrected chi connectivity index (χ3v) is 9.27. The molecule has 0 amide bonds. The Morgan fingerprint density at radius 3 is 2.73 bits per heavy atom. The van der Waals surface area contributed by atoms with Gasteiger partial charge in [0.25, 0.3) is 0 Å². The van der Waals surface area contributed by atoms with Crippen LogP contribution in [-0.4, -0.2) is 79.8 Å². The number of nitriles is 1. The van der Waals surface area contributed by atoms with Gasteiger partial charge in [-0.3, -0.25) is 9.58 Å². The molecule has 10 nitrogen and oxygen atoms in total. The van der Waals surface area contributed by atoms with Crippen molar-refractivity contribution in [2.24, 2.45) is 0 Å². The van der Waals surface area contributed by atoms with Crippen LogP contribution in [0.3, 0.4) is 0 Å². The first-order valence-corrected chi connectivity index (χ1v) is 12.8. The number of piperidine rings is 1. The van der Waals surface area contributed by atoms with Crippen LogP contribution in [0.5, 0.6) is 0 Å². The third-order valence-electron chi connectivity index (χ3n) is 6.99. The molecule has 11 heteroatoms. The maximum atomic E-state index is 12.5. The zero-order valence-corrected chi connectivity index (χ0v) is 19.7. The summed E-state index contributed by atoms with van der Waals surface area (Å²) in [5.74, 6) is 0. The predicted molar refractivity (Wildman–Crippen MR) is 124 cm³/mol. The Morgan fingerprint density at radius 1 is 1.27 bits per heavy atom. The fourth-order valence-electron chi connectivity index (χ4n) is 5.02. The number of aromatic nitrogens is 5. The Kier molecular flexibility index (Phi) is 5.47. The van der Waals surface area contributed by atoms with Crippen LogP contribution in [-0.2, 0) is 15.6 Å². The van der Waals surface area contributed by atoms with Crippen LogP contribution in [0.4, 0.5) is 0 Å². The minimum absolute atomic E-state index is 0.326. The lowest BCUT2D eigenvalue weighted by molar-refractivity contribution is -0.0382. The number of nitrogens with zero attached hydrogens (tertiary/aromatic N) is 7. The van der Waals surface area contributed by atoms with Crippen LogP contribution in [0.15, 0.2) is 31.0 Å². The average Bonchev–Trinajstić information content (AvgIpc) is 3.46. The molecule has 5 heterocycles. The molecule has 2 fully saturated rings. The molecule has 0 aromatic carbocycles. The zero-order valence-electron chi connectivity index (χ0n) is 18.8. The summed E-state index contributed by atoms with van der Waals surface area (Å²) in [5, 5.41) is 14.7. The van der Waals surface area contributed by atoms with Crippen LogP contribution < -0.4 is 0 Å². The molecule has 2 saturated heterocycles. The molecule has 0 bridgehead atoms. The molecule has 3 aromatic heterocycles. The van der Waals surface area contributed by atoms with E-state index in [9.17, 15) is 13.7 Å². The van der Waals surface area contributed by atoms with E-state index in [1.807, 2.05) is 23.1 Å². The molecule has 0 unspecified atom stereocenters. The molecular formula is C22H28N8O2S. The molecule has 0 atom stereocenters. The van der Waals surface area contributed by atoms with Crippen molar-refractivity contribution in [3.63, 3.8) is 0 Å². The molecule has 0 saturated carbocycles. The van der Waals surface area contributed by atoms with E-state index in [1.54, 1.807) is 24.3 Å². The number of likely N-dealkylation sites (tertiary alicyclic amines) is 1. The number of hydrogen-bond donors (Lipinski definition) is 1. The lowest BCUT2D eigenvalue weighted by Gasteiger charge is -2.53. The molecule has 2 aliphatic heterocycles. The van der Waals surface area contributed by atoms with Gasteiger partial charge >= 0.3 is 0 Å². The molecule has 3 aromatic rings. The fraction of sp³-hybridized carbons (Fsp3) is 0.545. The average molecular weight is 469 g/mol. The van der Waals surface area contributed by atoms with Crippen molar-refractivity contribution in [3.05, 3.63) is 31.0 Å². The molecule has 174 valence electrons. The largest absolute Gasteiger partial charge is 0.346 e. The summed E-state index contributed by atoms with van der Waals surface area (Å²) < 4.78 is 28.5. The highest BCUT2D eigenvalue weighted by Gasteiger charge is 2.48. The summed E-state index contributed by atoms with van der Waals surface area (Å²) in [6, 6.07) is 4.61. The lowest BCUT2D eigenvalue weighted by Crippen LogP contribution is -2.66. The Balaban J connectivity index is 1.30. The van der Waals surface area contributed by atoms with E-state index in [4.69, 9.17) is 0 Å². The molecule has 0 radical (unpaired) electrons. The van der Waals surface area contributed by atoms with Gasteiger partial charge in [-0.2, -0.15) is 10.4 Å². The topological polar surface area (TPSA) is 124 Å². The van der Waals surface area contributed by atoms with Crippen molar-refractivity contribution in [2.75, 3.05) is 26.2 Å². The van der Waals surface area contributed by atoms with Gasteiger partial charge < -0.3 is 4.98 Å². The maximum absolute atomic E-state index is 12.5. The van der Waals surface area contributed by atoms with E-state index in [2.05, 4.69) is 31.0 Å². The maximum Gasteiger partial charge on any atom is 0.216 e. The predicted octanol–water partition coefficient (Wildman–Crippen LogP) is 1.95. The zero-order chi connectivity index (χ0) is 23.2. The fourth-order valence-corrected chi connectivity index (χ4v) is 6.34. The molecule has 0 spiro atoms. The van der Waals surface area contributed by atoms with E-state index >= 15 is 0 Å². The SMILES string of the molecule is CC(C)S(=O)(=O)N1CCC(N2CC(CC#N)(n3cc(-c4ncnc5[nH]ccc45)cn3)C2)CC1. The van der Waals surface area contributed by atoms with Crippen LogP contribution >= 0.6 is 0 Å². The number of nitrogens with one attached hydrogen (secondary N) is 1. The lowest BCUT2D eigenvalue weighted by atomic mass is 9.84. The number of aromatic amines is 1. The first-order valence-electron chi connectivity index (χ1n) is 11.3. The Labute approximate surface area is 193 Å². The van der Waals surface area contributed by atoms with Crippen molar-refractivity contribution in [1.29, 1.82) is 5.26 Å². The number of sulfonamides is 1.